The molecule has 1 heterocycles. The van der Waals surface area contributed by atoms with Crippen molar-refractivity contribution in [1.82, 2.24) is 15.3 Å². The van der Waals surface area contributed by atoms with Crippen molar-refractivity contribution in [1.29, 1.82) is 0 Å². The largest absolute Gasteiger partial charge is 0.489 e. The first-order valence-corrected chi connectivity index (χ1v) is 11.4. The molecule has 3 aliphatic carbocycles. The molecule has 1 aromatic heterocycles. The number of ether oxygens (including phenoxy) is 2. The number of nitrogens with two attached hydrogens (primary N) is 1. The molecule has 2 aromatic rings. The topological polar surface area (TPSA) is 99.4 Å². The third kappa shape index (κ3) is 4.85. The smallest absolute Gasteiger partial charge is 0.232 e. The second kappa shape index (κ2) is 9.87. The molecule has 1 amide bonds. The Morgan fingerprint density at radius 3 is 2.45 bits per heavy atom. The molecule has 0 atom stereocenters. The minimum atomic E-state index is -0.297. The van der Waals surface area contributed by atoms with Gasteiger partial charge in [-0.2, -0.15) is 0 Å². The van der Waals surface area contributed by atoms with E-state index in [1.807, 2.05) is 12.1 Å². The zero-order valence-electron chi connectivity index (χ0n) is 19.0. The summed E-state index contributed by atoms with van der Waals surface area (Å²) in [6.07, 6.45) is 9.29. The molecular formula is C25H31FN4O3. The Hall–Kier alpha value is -3.00. The van der Waals surface area contributed by atoms with E-state index in [0.29, 0.717) is 35.8 Å². The number of benzene rings is 1. The summed E-state index contributed by atoms with van der Waals surface area (Å²) in [5, 5.41) is 3.08. The van der Waals surface area contributed by atoms with Gasteiger partial charge < -0.3 is 20.5 Å². The van der Waals surface area contributed by atoms with Crippen LogP contribution in [0.2, 0.25) is 0 Å². The monoisotopic (exact) mass is 454 g/mol. The molecule has 0 radical (unpaired) electrons. The number of carbonyl (C=O) groups excluding carboxylic acids is 1. The minimum absolute atomic E-state index is 0.111. The van der Waals surface area contributed by atoms with Crippen molar-refractivity contribution in [3.8, 4) is 11.6 Å². The Kier molecular flexibility index (Phi) is 6.93. The van der Waals surface area contributed by atoms with E-state index in [4.69, 9.17) is 15.2 Å². The van der Waals surface area contributed by atoms with Crippen LogP contribution in [0.5, 0.6) is 11.6 Å². The standard InChI is InChI=1S/C25H31FN4O3/c1-32-22-16-28-14-20(30-22)15-29-23(31)25-9-6-24(7-10-25,8-11-25)19-2-4-21(5-3-19)33-17-18(12-26)13-27/h2-5,12,14,16H,6-11,13,15,17,27H2,1H3,(H,29,31). The summed E-state index contributed by atoms with van der Waals surface area (Å²) in [6, 6.07) is 8.09. The van der Waals surface area contributed by atoms with Gasteiger partial charge in [-0.1, -0.05) is 12.1 Å². The number of halogens is 1. The van der Waals surface area contributed by atoms with Gasteiger partial charge in [-0.05, 0) is 61.6 Å². The lowest BCUT2D eigenvalue weighted by molar-refractivity contribution is -0.138. The molecule has 7 nitrogen and oxygen atoms in total. The molecule has 8 heteroatoms. The van der Waals surface area contributed by atoms with Crippen molar-refractivity contribution in [3.63, 3.8) is 0 Å². The number of methoxy groups -OCH3 is 1. The predicted octanol–water partition coefficient (Wildman–Crippen LogP) is 3.58. The lowest BCUT2D eigenvalue weighted by atomic mass is 9.51. The quantitative estimate of drug-likeness (QED) is 0.601. The van der Waals surface area contributed by atoms with Gasteiger partial charge in [0.1, 0.15) is 12.4 Å². The number of aromatic nitrogens is 2. The lowest BCUT2D eigenvalue weighted by Gasteiger charge is -2.52. The van der Waals surface area contributed by atoms with Gasteiger partial charge in [0.2, 0.25) is 11.8 Å². The van der Waals surface area contributed by atoms with E-state index >= 15 is 0 Å². The zero-order chi connectivity index (χ0) is 23.3. The molecule has 0 aliphatic heterocycles. The number of fused-ring (bicyclic) bond motifs is 3. The molecule has 3 fully saturated rings. The van der Waals surface area contributed by atoms with Crippen LogP contribution in [0.1, 0.15) is 49.8 Å². The molecule has 3 saturated carbocycles. The SMILES string of the molecule is COc1cncc(CNC(=O)C23CCC(c4ccc(OCC(=CF)CN)cc4)(CC2)CC3)n1. The van der Waals surface area contributed by atoms with Gasteiger partial charge in [0.05, 0.1) is 38.1 Å². The van der Waals surface area contributed by atoms with Crippen molar-refractivity contribution < 1.29 is 18.7 Å². The van der Waals surface area contributed by atoms with Gasteiger partial charge in [0.25, 0.3) is 0 Å². The Labute approximate surface area is 193 Å². The van der Waals surface area contributed by atoms with Crippen LogP contribution in [0.15, 0.2) is 48.6 Å². The summed E-state index contributed by atoms with van der Waals surface area (Å²) < 4.78 is 23.4. The Balaban J connectivity index is 1.34. The van der Waals surface area contributed by atoms with E-state index in [1.54, 1.807) is 19.5 Å². The zero-order valence-corrected chi connectivity index (χ0v) is 19.0. The fourth-order valence-corrected chi connectivity index (χ4v) is 5.10. The molecule has 0 spiro atoms. The molecule has 0 saturated heterocycles. The van der Waals surface area contributed by atoms with Crippen molar-refractivity contribution in [2.24, 2.45) is 11.1 Å². The second-order valence-electron chi connectivity index (χ2n) is 9.08. The van der Waals surface area contributed by atoms with Crippen molar-refractivity contribution >= 4 is 5.91 Å². The fourth-order valence-electron chi connectivity index (χ4n) is 5.10. The van der Waals surface area contributed by atoms with Crippen LogP contribution >= 0.6 is 0 Å². The molecule has 0 unspecified atom stereocenters. The average molecular weight is 455 g/mol. The Bertz CT molecular complexity index is 984. The molecule has 5 rings (SSSR count). The van der Waals surface area contributed by atoms with Gasteiger partial charge >= 0.3 is 0 Å². The number of nitrogens with zero attached hydrogens (tertiary/aromatic N) is 2. The average Bonchev–Trinajstić information content (AvgIpc) is 2.89. The minimum Gasteiger partial charge on any atom is -0.489 e. The van der Waals surface area contributed by atoms with Crippen LogP contribution in [0.3, 0.4) is 0 Å². The molecule has 33 heavy (non-hydrogen) atoms. The maximum Gasteiger partial charge on any atom is 0.232 e. The van der Waals surface area contributed by atoms with Gasteiger partial charge in [0.15, 0.2) is 0 Å². The highest BCUT2D eigenvalue weighted by molar-refractivity contribution is 5.83. The van der Waals surface area contributed by atoms with Crippen LogP contribution in [0, 0.1) is 5.41 Å². The number of carbonyl (C=O) groups is 1. The number of amides is 1. The summed E-state index contributed by atoms with van der Waals surface area (Å²) in [5.74, 6) is 1.25. The highest BCUT2D eigenvalue weighted by Gasteiger charge is 2.52. The van der Waals surface area contributed by atoms with Crippen LogP contribution in [0.25, 0.3) is 0 Å². The third-order valence-electron chi connectivity index (χ3n) is 7.34. The first kappa shape index (κ1) is 23.2. The van der Waals surface area contributed by atoms with Gasteiger partial charge in [-0.3, -0.25) is 9.78 Å². The molecule has 3 N–H and O–H groups in total. The van der Waals surface area contributed by atoms with Gasteiger partial charge in [-0.25, -0.2) is 9.37 Å². The van der Waals surface area contributed by atoms with E-state index in [-0.39, 0.29) is 29.9 Å². The molecular weight excluding hydrogens is 423 g/mol. The molecule has 3 aliphatic rings. The first-order chi connectivity index (χ1) is 16.0. The maximum absolute atomic E-state index is 13.1. The number of nitrogens with one attached hydrogen (secondary N) is 1. The van der Waals surface area contributed by atoms with Crippen molar-refractivity contribution in [2.45, 2.75) is 50.5 Å². The molecule has 2 bridgehead atoms. The van der Waals surface area contributed by atoms with E-state index in [2.05, 4.69) is 27.4 Å². The Morgan fingerprint density at radius 1 is 1.15 bits per heavy atom. The summed E-state index contributed by atoms with van der Waals surface area (Å²) in [7, 11) is 1.55. The van der Waals surface area contributed by atoms with Crippen molar-refractivity contribution in [2.75, 3.05) is 20.3 Å². The number of hydrogen-bond acceptors (Lipinski definition) is 6. The number of hydrogen-bond donors (Lipinski definition) is 2. The predicted molar refractivity (Wildman–Crippen MR) is 122 cm³/mol. The van der Waals surface area contributed by atoms with Crippen molar-refractivity contribution in [3.05, 3.63) is 59.8 Å². The van der Waals surface area contributed by atoms with Crippen LogP contribution in [0.4, 0.5) is 4.39 Å². The van der Waals surface area contributed by atoms with Crippen LogP contribution in [-0.4, -0.2) is 36.1 Å². The fraction of sp³-hybridized carbons (Fsp3) is 0.480. The maximum atomic E-state index is 13.1. The highest BCUT2D eigenvalue weighted by Crippen LogP contribution is 2.57. The summed E-state index contributed by atoms with van der Waals surface area (Å²) in [4.78, 5) is 21.5. The third-order valence-corrected chi connectivity index (χ3v) is 7.34. The van der Waals surface area contributed by atoms with E-state index in [9.17, 15) is 9.18 Å². The molecule has 1 aromatic carbocycles. The Morgan fingerprint density at radius 2 is 1.85 bits per heavy atom. The number of rotatable bonds is 9. The summed E-state index contributed by atoms with van der Waals surface area (Å²) in [6.45, 7) is 0.636. The van der Waals surface area contributed by atoms with E-state index in [1.165, 1.54) is 5.56 Å². The van der Waals surface area contributed by atoms with Crippen LogP contribution < -0.4 is 20.5 Å². The van der Waals surface area contributed by atoms with Gasteiger partial charge in [0, 0.05) is 17.5 Å². The summed E-state index contributed by atoms with van der Waals surface area (Å²) >= 11 is 0. The normalized spacial score (nSPS) is 24.4. The highest BCUT2D eigenvalue weighted by atomic mass is 19.1. The summed E-state index contributed by atoms with van der Waals surface area (Å²) in [5.41, 5.74) is 7.68. The molecule has 176 valence electrons. The lowest BCUT2D eigenvalue weighted by Crippen LogP contribution is -2.51. The van der Waals surface area contributed by atoms with Crippen LogP contribution in [-0.2, 0) is 16.8 Å². The van der Waals surface area contributed by atoms with E-state index < -0.39 is 0 Å². The van der Waals surface area contributed by atoms with Gasteiger partial charge in [-0.15, -0.1) is 0 Å². The second-order valence-corrected chi connectivity index (χ2v) is 9.08. The first-order valence-electron chi connectivity index (χ1n) is 11.4. The van der Waals surface area contributed by atoms with E-state index in [0.717, 1.165) is 38.5 Å².